The summed E-state index contributed by atoms with van der Waals surface area (Å²) in [6, 6.07) is 2.56. The lowest BCUT2D eigenvalue weighted by Gasteiger charge is -2.49. The Morgan fingerprint density at radius 3 is 2.85 bits per heavy atom. The van der Waals surface area contributed by atoms with Crippen LogP contribution in [0.4, 0.5) is 5.13 Å². The summed E-state index contributed by atoms with van der Waals surface area (Å²) >= 11 is 2.21. The second-order valence-corrected chi connectivity index (χ2v) is 9.98. The zero-order chi connectivity index (χ0) is 27.5. The fraction of sp³-hybridized carbons (Fsp3) is 0.238. The van der Waals surface area contributed by atoms with E-state index in [-0.39, 0.29) is 35.5 Å². The van der Waals surface area contributed by atoms with Gasteiger partial charge in [-0.3, -0.25) is 14.5 Å². The summed E-state index contributed by atoms with van der Waals surface area (Å²) in [5, 5.41) is 29.6. The minimum absolute atomic E-state index is 0.0262. The average Bonchev–Trinajstić information content (AvgIpc) is 3.62. The number of hydrogen-bond donors (Lipinski definition) is 4. The van der Waals surface area contributed by atoms with Gasteiger partial charge in [-0.2, -0.15) is 14.6 Å². The number of β-lactam (4-membered cyclic amide) rings is 1. The maximum Gasteiger partial charge on any atom is 0.352 e. The first-order valence-corrected chi connectivity index (χ1v) is 13.0. The number of tetrazole rings is 1. The maximum atomic E-state index is 13.1. The normalized spacial score (nSPS) is 18.8. The first kappa shape index (κ1) is 25.9. The van der Waals surface area contributed by atoms with Crippen LogP contribution in [0.15, 0.2) is 53.6 Å². The topological polar surface area (TPSA) is 218 Å². The predicted octanol–water partition coefficient (Wildman–Crippen LogP) is -1.07. The summed E-state index contributed by atoms with van der Waals surface area (Å²) in [4.78, 5) is 48.5. The molecular weight excluding hydrogens is 550 g/mol. The number of nitrogens with zero attached hydrogens (tertiary/aromatic N) is 8. The quantitative estimate of drug-likeness (QED) is 0.0572. The summed E-state index contributed by atoms with van der Waals surface area (Å²) in [5.74, 6) is -1.87. The van der Waals surface area contributed by atoms with Crippen LogP contribution in [0.2, 0.25) is 0 Å². The Morgan fingerprint density at radius 2 is 2.21 bits per heavy atom. The van der Waals surface area contributed by atoms with E-state index in [2.05, 4.69) is 47.0 Å². The molecule has 0 aliphatic carbocycles. The Labute approximate surface area is 227 Å². The van der Waals surface area contributed by atoms with Crippen LogP contribution in [-0.4, -0.2) is 87.3 Å². The molecule has 0 bridgehead atoms. The van der Waals surface area contributed by atoms with E-state index < -0.39 is 29.2 Å². The van der Waals surface area contributed by atoms with E-state index in [1.54, 1.807) is 29.1 Å². The number of carbonyl (C=O) groups is 3. The lowest BCUT2D eigenvalue weighted by atomic mass is 10.0. The van der Waals surface area contributed by atoms with E-state index in [0.717, 1.165) is 17.1 Å². The number of fused-ring (bicyclic) bond motifs is 1. The highest BCUT2D eigenvalue weighted by Gasteiger charge is 2.54. The molecule has 39 heavy (non-hydrogen) atoms. The molecule has 18 heteroatoms. The van der Waals surface area contributed by atoms with Gasteiger partial charge in [-0.05, 0) is 5.21 Å². The molecule has 0 spiro atoms. The molecule has 2 aliphatic rings. The van der Waals surface area contributed by atoms with Crippen molar-refractivity contribution in [3.8, 4) is 11.4 Å². The van der Waals surface area contributed by atoms with Crippen LogP contribution in [0.5, 0.6) is 0 Å². The van der Waals surface area contributed by atoms with Gasteiger partial charge in [0, 0.05) is 40.6 Å². The number of amides is 2. The summed E-state index contributed by atoms with van der Waals surface area (Å²) in [5.41, 5.74) is 6.52. The van der Waals surface area contributed by atoms with Crippen molar-refractivity contribution in [2.24, 2.45) is 5.16 Å². The molecule has 2 atom stereocenters. The zero-order valence-electron chi connectivity index (χ0n) is 19.9. The van der Waals surface area contributed by atoms with Gasteiger partial charge >= 0.3 is 5.97 Å². The SMILES string of the molecule is C=CCON=C(C(=O)NC1C(=O)N2C(C(=O)O)=C(C[n+]3ccc(-c4nn[nH]n4)cc3)CS[C@H]12)c1nsc(N)n1. The van der Waals surface area contributed by atoms with Crippen molar-refractivity contribution in [3.63, 3.8) is 0 Å². The number of anilines is 1. The highest BCUT2D eigenvalue weighted by atomic mass is 32.2. The van der Waals surface area contributed by atoms with Gasteiger partial charge in [0.05, 0.1) is 0 Å². The number of H-pyrrole nitrogens is 1. The van der Waals surface area contributed by atoms with Gasteiger partial charge in [0.2, 0.25) is 17.4 Å². The summed E-state index contributed by atoms with van der Waals surface area (Å²) < 4.78 is 5.76. The molecule has 3 aromatic heterocycles. The molecule has 2 aliphatic heterocycles. The maximum absolute atomic E-state index is 13.1. The molecule has 16 nitrogen and oxygen atoms in total. The van der Waals surface area contributed by atoms with Crippen LogP contribution in [0, 0.1) is 0 Å². The first-order chi connectivity index (χ1) is 18.9. The van der Waals surface area contributed by atoms with E-state index in [9.17, 15) is 19.5 Å². The number of nitrogens with one attached hydrogen (secondary N) is 2. The number of carbonyl (C=O) groups excluding carboxylic acids is 2. The molecule has 0 radical (unpaired) electrons. The third-order valence-corrected chi connectivity index (χ3v) is 7.50. The molecule has 5 rings (SSSR count). The molecule has 1 unspecified atom stereocenters. The van der Waals surface area contributed by atoms with Crippen molar-refractivity contribution >= 4 is 51.9 Å². The number of thioether (sulfide) groups is 1. The van der Waals surface area contributed by atoms with Crippen LogP contribution in [0.1, 0.15) is 5.82 Å². The number of aliphatic carboxylic acids is 1. The van der Waals surface area contributed by atoms with Crippen molar-refractivity contribution in [3.05, 3.63) is 54.3 Å². The number of carboxylic acids is 1. The highest BCUT2D eigenvalue weighted by molar-refractivity contribution is 8.00. The lowest BCUT2D eigenvalue weighted by Crippen LogP contribution is -2.71. The number of aromatic amines is 1. The zero-order valence-corrected chi connectivity index (χ0v) is 21.6. The van der Waals surface area contributed by atoms with Crippen LogP contribution in [-0.2, 0) is 25.8 Å². The van der Waals surface area contributed by atoms with Gasteiger partial charge in [0.1, 0.15) is 23.7 Å². The Kier molecular flexibility index (Phi) is 7.28. The van der Waals surface area contributed by atoms with Gasteiger partial charge in [-0.15, -0.1) is 22.0 Å². The van der Waals surface area contributed by atoms with Crippen LogP contribution >= 0.6 is 23.3 Å². The molecule has 0 aromatic carbocycles. The molecular formula is C21H20N11O5S2+. The number of pyridine rings is 1. The van der Waals surface area contributed by atoms with Crippen molar-refractivity contribution in [1.82, 2.24) is 40.2 Å². The summed E-state index contributed by atoms with van der Waals surface area (Å²) in [6.45, 7) is 3.78. The molecule has 1 fully saturated rings. The lowest BCUT2D eigenvalue weighted by molar-refractivity contribution is -0.689. The number of nitrogen functional groups attached to an aromatic ring is 1. The number of carboxylic acid groups (broad SMARTS) is 1. The smallest absolute Gasteiger partial charge is 0.352 e. The molecule has 5 N–H and O–H groups in total. The van der Waals surface area contributed by atoms with E-state index >= 15 is 0 Å². The highest BCUT2D eigenvalue weighted by Crippen LogP contribution is 2.40. The number of rotatable bonds is 10. The second-order valence-electron chi connectivity index (χ2n) is 8.09. The summed E-state index contributed by atoms with van der Waals surface area (Å²) in [7, 11) is 0. The van der Waals surface area contributed by atoms with Crippen LogP contribution in [0.25, 0.3) is 11.4 Å². The van der Waals surface area contributed by atoms with Gasteiger partial charge in [0.25, 0.3) is 11.8 Å². The number of nitrogens with two attached hydrogens (primary N) is 1. The largest absolute Gasteiger partial charge is 0.477 e. The van der Waals surface area contributed by atoms with E-state index in [4.69, 9.17) is 10.6 Å². The van der Waals surface area contributed by atoms with E-state index in [0.29, 0.717) is 17.2 Å². The Balaban J connectivity index is 1.32. The third-order valence-electron chi connectivity index (χ3n) is 5.62. The Morgan fingerprint density at radius 1 is 1.41 bits per heavy atom. The third kappa shape index (κ3) is 5.18. The van der Waals surface area contributed by atoms with Gasteiger partial charge in [0.15, 0.2) is 24.1 Å². The number of hydrogen-bond acceptors (Lipinski definition) is 13. The Hall–Kier alpha value is -4.71. The van der Waals surface area contributed by atoms with Crippen molar-refractivity contribution < 1.29 is 28.9 Å². The van der Waals surface area contributed by atoms with Crippen molar-refractivity contribution in [2.45, 2.75) is 18.0 Å². The standard InChI is InChI=1S/C21H19N11O5S2/c1-2-7-37-27-12(16-24-21(22)39-28-16)17(33)23-13-18(34)32-14(20(35)36)11(9-38-19(13)32)8-31-5-3-10(4-6-31)15-25-29-30-26-15/h2-6,13,19H,1,7-9H2,(H4,22,23,24,28,33,35,36)/p+1/t13?,19-/m1/s1. The molecule has 0 saturated carbocycles. The molecule has 200 valence electrons. The molecule has 3 aromatic rings. The van der Waals surface area contributed by atoms with Gasteiger partial charge in [-0.1, -0.05) is 17.8 Å². The molecule has 2 amide bonds. The van der Waals surface area contributed by atoms with Crippen molar-refractivity contribution in [1.29, 1.82) is 0 Å². The fourth-order valence-corrected chi connectivity index (χ4v) is 5.67. The minimum atomic E-state index is -1.24. The van der Waals surface area contributed by atoms with Gasteiger partial charge < -0.3 is 21.0 Å². The van der Waals surface area contributed by atoms with E-state index in [1.807, 2.05) is 0 Å². The summed E-state index contributed by atoms with van der Waals surface area (Å²) in [6.07, 6.45) is 4.95. The van der Waals surface area contributed by atoms with E-state index in [1.165, 1.54) is 22.7 Å². The monoisotopic (exact) mass is 570 g/mol. The fourth-order valence-electron chi connectivity index (χ4n) is 3.90. The van der Waals surface area contributed by atoms with Crippen LogP contribution in [0.3, 0.4) is 0 Å². The second kappa shape index (κ2) is 11.0. The molecule has 5 heterocycles. The first-order valence-electron chi connectivity index (χ1n) is 11.2. The average molecular weight is 571 g/mol. The molecule has 1 saturated heterocycles. The Bertz CT molecular complexity index is 1490. The predicted molar refractivity (Wildman–Crippen MR) is 137 cm³/mol. The van der Waals surface area contributed by atoms with Gasteiger partial charge in [-0.25, -0.2) is 9.36 Å². The number of aromatic nitrogens is 7. The minimum Gasteiger partial charge on any atom is -0.477 e. The van der Waals surface area contributed by atoms with Crippen molar-refractivity contribution in [2.75, 3.05) is 18.1 Å². The van der Waals surface area contributed by atoms with Crippen LogP contribution < -0.4 is 15.6 Å². The number of oxime groups is 1.